The molecule has 1 N–H and O–H groups in total. The van der Waals surface area contributed by atoms with E-state index in [0.717, 1.165) is 6.26 Å². The molecule has 2 aromatic carbocycles. The first-order valence-corrected chi connectivity index (χ1v) is 13.1. The fraction of sp³-hybridized carbons (Fsp3) is 0.240. The summed E-state index contributed by atoms with van der Waals surface area (Å²) in [7, 11) is -3.45. The van der Waals surface area contributed by atoms with Gasteiger partial charge in [0.25, 0.3) is 0 Å². The van der Waals surface area contributed by atoms with Crippen molar-refractivity contribution < 1.29 is 31.6 Å². The molecule has 0 radical (unpaired) electrons. The Hall–Kier alpha value is -3.99. The first kappa shape index (κ1) is 25.1. The molecule has 4 rings (SSSR count). The van der Waals surface area contributed by atoms with Crippen molar-refractivity contribution in [1.29, 1.82) is 0 Å². The van der Waals surface area contributed by atoms with Gasteiger partial charge in [-0.2, -0.15) is 0 Å². The van der Waals surface area contributed by atoms with E-state index in [4.69, 9.17) is 9.15 Å². The number of para-hydroxylation sites is 1. The van der Waals surface area contributed by atoms with Gasteiger partial charge in [0.05, 0.1) is 30.1 Å². The molecule has 0 spiro atoms. The number of aromatic amines is 1. The average Bonchev–Trinajstić information content (AvgIpc) is 3.39. The predicted molar refractivity (Wildman–Crippen MR) is 130 cm³/mol. The number of esters is 1. The molecule has 1 atom stereocenters. The lowest BCUT2D eigenvalue weighted by molar-refractivity contribution is 0.0521. The van der Waals surface area contributed by atoms with E-state index in [-0.39, 0.29) is 23.6 Å². The van der Waals surface area contributed by atoms with Gasteiger partial charge < -0.3 is 14.1 Å². The first-order valence-electron chi connectivity index (χ1n) is 11.0. The number of H-pyrrole nitrogens is 1. The van der Waals surface area contributed by atoms with Gasteiger partial charge in [-0.3, -0.25) is 9.36 Å². The van der Waals surface area contributed by atoms with Crippen molar-refractivity contribution in [2.24, 2.45) is 0 Å². The van der Waals surface area contributed by atoms with Gasteiger partial charge in [0.15, 0.2) is 21.9 Å². The molecule has 36 heavy (non-hydrogen) atoms. The van der Waals surface area contributed by atoms with Crippen LogP contribution >= 0.6 is 0 Å². The van der Waals surface area contributed by atoms with E-state index in [0.29, 0.717) is 33.9 Å². The number of sulfone groups is 1. The van der Waals surface area contributed by atoms with Crippen molar-refractivity contribution in [2.75, 3.05) is 12.9 Å². The molecule has 0 saturated heterocycles. The molecule has 0 bridgehead atoms. The SMILES string of the molecule is CCOC(=O)c1[nH]c2c([C@H](C)n3cc(C=O)oc3=O)cccc2c1-c1ccc(CS(C)(=O)=O)c(F)c1. The monoisotopic (exact) mass is 514 g/mol. The Balaban J connectivity index is 1.93. The van der Waals surface area contributed by atoms with Crippen molar-refractivity contribution in [2.45, 2.75) is 25.6 Å². The van der Waals surface area contributed by atoms with Crippen LogP contribution in [0.2, 0.25) is 0 Å². The highest BCUT2D eigenvalue weighted by Gasteiger charge is 2.25. The van der Waals surface area contributed by atoms with E-state index in [1.165, 1.54) is 22.9 Å². The minimum atomic E-state index is -3.45. The molecule has 0 aliphatic carbocycles. The summed E-state index contributed by atoms with van der Waals surface area (Å²) in [5, 5.41) is 0.560. The number of carbonyl (C=O) groups is 2. The van der Waals surface area contributed by atoms with E-state index >= 15 is 0 Å². The number of hydrogen-bond donors (Lipinski definition) is 1. The number of rotatable bonds is 8. The van der Waals surface area contributed by atoms with Crippen molar-refractivity contribution in [3.8, 4) is 11.1 Å². The van der Waals surface area contributed by atoms with E-state index in [1.54, 1.807) is 38.1 Å². The summed E-state index contributed by atoms with van der Waals surface area (Å²) in [6.07, 6.45) is 2.74. The predicted octanol–water partition coefficient (Wildman–Crippen LogP) is 3.87. The number of hydrogen-bond acceptors (Lipinski definition) is 7. The summed E-state index contributed by atoms with van der Waals surface area (Å²) in [4.78, 5) is 39.2. The second-order valence-corrected chi connectivity index (χ2v) is 10.5. The summed E-state index contributed by atoms with van der Waals surface area (Å²) in [5.41, 5.74) is 1.92. The lowest BCUT2D eigenvalue weighted by atomic mass is 9.98. The lowest BCUT2D eigenvalue weighted by Gasteiger charge is -2.13. The standard InChI is InChI=1S/C25H23FN2O7S/c1-4-34-24(30)23-21(15-8-9-16(20(26)10-15)13-36(3,32)33)19-7-5-6-18(22(19)27-23)14(2)28-11-17(12-29)35-25(28)31/h5-12,14,27H,4,13H2,1-3H3/t14-/m0/s1. The third-order valence-corrected chi connectivity index (χ3v) is 6.61. The number of nitrogens with one attached hydrogen (secondary N) is 1. The normalized spacial score (nSPS) is 12.6. The fourth-order valence-electron chi connectivity index (χ4n) is 4.19. The van der Waals surface area contributed by atoms with Crippen molar-refractivity contribution in [3.63, 3.8) is 0 Å². The Morgan fingerprint density at radius 1 is 1.28 bits per heavy atom. The highest BCUT2D eigenvalue weighted by molar-refractivity contribution is 7.89. The highest BCUT2D eigenvalue weighted by atomic mass is 32.2. The quantitative estimate of drug-likeness (QED) is 0.279. The number of carbonyl (C=O) groups excluding carboxylic acids is 2. The van der Waals surface area contributed by atoms with Gasteiger partial charge in [-0.05, 0) is 31.0 Å². The minimum Gasteiger partial charge on any atom is -0.461 e. The second kappa shape index (κ2) is 9.57. The molecule has 0 saturated carbocycles. The molecular formula is C25H23FN2O7S. The molecule has 0 aliphatic heterocycles. The summed E-state index contributed by atoms with van der Waals surface area (Å²) in [5.74, 6) is -2.68. The van der Waals surface area contributed by atoms with Crippen LogP contribution in [-0.4, -0.2) is 43.1 Å². The van der Waals surface area contributed by atoms with Crippen molar-refractivity contribution >= 4 is 33.0 Å². The van der Waals surface area contributed by atoms with Crippen LogP contribution < -0.4 is 5.76 Å². The van der Waals surface area contributed by atoms with Crippen LogP contribution in [0.5, 0.6) is 0 Å². The maximum Gasteiger partial charge on any atom is 0.420 e. The number of oxazole rings is 1. The molecule has 0 fully saturated rings. The summed E-state index contributed by atoms with van der Waals surface area (Å²) in [6.45, 7) is 3.49. The molecule has 2 aromatic heterocycles. The van der Waals surface area contributed by atoms with Crippen LogP contribution in [0.1, 0.15) is 52.1 Å². The Morgan fingerprint density at radius 2 is 2.03 bits per heavy atom. The maximum atomic E-state index is 14.9. The second-order valence-electron chi connectivity index (χ2n) is 8.34. The minimum absolute atomic E-state index is 0.0124. The van der Waals surface area contributed by atoms with Crippen LogP contribution in [0.15, 0.2) is 51.8 Å². The maximum absolute atomic E-state index is 14.9. The van der Waals surface area contributed by atoms with Gasteiger partial charge >= 0.3 is 11.7 Å². The highest BCUT2D eigenvalue weighted by Crippen LogP contribution is 2.37. The number of halogens is 1. The summed E-state index contributed by atoms with van der Waals surface area (Å²) in [6, 6.07) is 8.71. The first-order chi connectivity index (χ1) is 17.0. The molecule has 4 aromatic rings. The molecular weight excluding hydrogens is 491 g/mol. The van der Waals surface area contributed by atoms with Crippen LogP contribution in [0.4, 0.5) is 4.39 Å². The molecule has 188 valence electrons. The van der Waals surface area contributed by atoms with Crippen molar-refractivity contribution in [3.05, 3.63) is 81.5 Å². The molecule has 0 amide bonds. The smallest absolute Gasteiger partial charge is 0.420 e. The van der Waals surface area contributed by atoms with Crippen LogP contribution in [0.25, 0.3) is 22.0 Å². The van der Waals surface area contributed by atoms with E-state index in [9.17, 15) is 27.2 Å². The zero-order chi connectivity index (χ0) is 26.2. The van der Waals surface area contributed by atoms with E-state index in [1.807, 2.05) is 0 Å². The Morgan fingerprint density at radius 3 is 2.64 bits per heavy atom. The third kappa shape index (κ3) is 4.74. The Labute approximate surface area is 205 Å². The van der Waals surface area contributed by atoms with E-state index < -0.39 is 39.2 Å². The summed E-state index contributed by atoms with van der Waals surface area (Å²) < 4.78 is 49.5. The number of nitrogens with zero attached hydrogens (tertiary/aromatic N) is 1. The van der Waals surface area contributed by atoms with Gasteiger partial charge in [0.1, 0.15) is 11.5 Å². The zero-order valence-corrected chi connectivity index (χ0v) is 20.5. The van der Waals surface area contributed by atoms with Gasteiger partial charge in [-0.25, -0.2) is 22.4 Å². The largest absolute Gasteiger partial charge is 0.461 e. The number of fused-ring (bicyclic) bond motifs is 1. The molecule has 0 aliphatic rings. The van der Waals surface area contributed by atoms with E-state index in [2.05, 4.69) is 4.98 Å². The lowest BCUT2D eigenvalue weighted by Crippen LogP contribution is -2.18. The summed E-state index contributed by atoms with van der Waals surface area (Å²) >= 11 is 0. The zero-order valence-electron chi connectivity index (χ0n) is 19.7. The van der Waals surface area contributed by atoms with Crippen LogP contribution in [0, 0.1) is 5.82 Å². The topological polar surface area (TPSA) is 128 Å². The van der Waals surface area contributed by atoms with Crippen LogP contribution in [0.3, 0.4) is 0 Å². The van der Waals surface area contributed by atoms with Gasteiger partial charge in [-0.15, -0.1) is 0 Å². The Bertz CT molecular complexity index is 1650. The molecule has 9 nitrogen and oxygen atoms in total. The number of ether oxygens (including phenoxy) is 1. The molecule has 0 unspecified atom stereocenters. The molecule has 11 heteroatoms. The average molecular weight is 515 g/mol. The number of benzene rings is 2. The molecule has 2 heterocycles. The van der Waals surface area contributed by atoms with Gasteiger partial charge in [0, 0.05) is 22.8 Å². The number of aromatic nitrogens is 2. The Kier molecular flexibility index (Phi) is 6.68. The third-order valence-electron chi connectivity index (χ3n) is 5.77. The van der Waals surface area contributed by atoms with Gasteiger partial charge in [-0.1, -0.05) is 30.3 Å². The van der Waals surface area contributed by atoms with Gasteiger partial charge in [0.2, 0.25) is 0 Å². The van der Waals surface area contributed by atoms with Crippen molar-refractivity contribution in [1.82, 2.24) is 9.55 Å². The van der Waals surface area contributed by atoms with Crippen LogP contribution in [-0.2, 0) is 20.3 Å². The number of aldehydes is 1. The fourth-order valence-corrected chi connectivity index (χ4v) is 4.99.